The quantitative estimate of drug-likeness (QED) is 0.514. The van der Waals surface area contributed by atoms with Crippen molar-refractivity contribution in [1.29, 1.82) is 0 Å². The summed E-state index contributed by atoms with van der Waals surface area (Å²) < 4.78 is 38.3. The molecule has 3 aromatic rings. The van der Waals surface area contributed by atoms with Gasteiger partial charge in [0.1, 0.15) is 11.5 Å². The van der Waals surface area contributed by atoms with Crippen LogP contribution >= 0.6 is 11.6 Å². The first-order chi connectivity index (χ1) is 14.8. The van der Waals surface area contributed by atoms with Gasteiger partial charge >= 0.3 is 0 Å². The van der Waals surface area contributed by atoms with Crippen molar-refractivity contribution >= 4 is 38.9 Å². The standard InChI is InChI=1S/C22H21ClN2O5S/c1-15(30-20-9-3-16(23)4-10-20)22(26)24-17-7-13-21(14-8-17)31(27,28)25-18-5-11-19(29-2)12-6-18/h3-15,25H,1-2H3,(H,24,26)/t15-/m1/s1. The van der Waals surface area contributed by atoms with Crippen molar-refractivity contribution in [3.63, 3.8) is 0 Å². The van der Waals surface area contributed by atoms with Crippen LogP contribution in [0.2, 0.25) is 5.02 Å². The SMILES string of the molecule is COc1ccc(NS(=O)(=O)c2ccc(NC(=O)[C@@H](C)Oc3ccc(Cl)cc3)cc2)cc1. The van der Waals surface area contributed by atoms with E-state index < -0.39 is 16.1 Å². The van der Waals surface area contributed by atoms with Crippen molar-refractivity contribution in [3.05, 3.63) is 77.8 Å². The zero-order valence-corrected chi connectivity index (χ0v) is 18.4. The first kappa shape index (κ1) is 22.5. The molecule has 9 heteroatoms. The molecule has 7 nitrogen and oxygen atoms in total. The highest BCUT2D eigenvalue weighted by Gasteiger charge is 2.17. The molecule has 0 aliphatic carbocycles. The molecule has 0 unspecified atom stereocenters. The van der Waals surface area contributed by atoms with Crippen LogP contribution in [0.25, 0.3) is 0 Å². The molecule has 0 saturated carbocycles. The van der Waals surface area contributed by atoms with Crippen LogP contribution in [0.4, 0.5) is 11.4 Å². The van der Waals surface area contributed by atoms with Gasteiger partial charge in [-0.3, -0.25) is 9.52 Å². The van der Waals surface area contributed by atoms with Crippen LogP contribution in [0.3, 0.4) is 0 Å². The summed E-state index contributed by atoms with van der Waals surface area (Å²) in [6.45, 7) is 1.61. The van der Waals surface area contributed by atoms with E-state index in [-0.39, 0.29) is 10.8 Å². The number of carbonyl (C=O) groups excluding carboxylic acids is 1. The Morgan fingerprint density at radius 3 is 2.00 bits per heavy atom. The van der Waals surface area contributed by atoms with E-state index in [9.17, 15) is 13.2 Å². The Morgan fingerprint density at radius 2 is 1.42 bits per heavy atom. The van der Waals surface area contributed by atoms with E-state index in [4.69, 9.17) is 21.1 Å². The molecule has 2 N–H and O–H groups in total. The predicted molar refractivity (Wildman–Crippen MR) is 120 cm³/mol. The second kappa shape index (κ2) is 9.72. The van der Waals surface area contributed by atoms with E-state index in [2.05, 4.69) is 10.0 Å². The maximum Gasteiger partial charge on any atom is 0.265 e. The van der Waals surface area contributed by atoms with Crippen molar-refractivity contribution in [2.75, 3.05) is 17.1 Å². The highest BCUT2D eigenvalue weighted by Crippen LogP contribution is 2.21. The van der Waals surface area contributed by atoms with Gasteiger partial charge in [0, 0.05) is 16.4 Å². The molecule has 3 aromatic carbocycles. The maximum absolute atomic E-state index is 12.6. The summed E-state index contributed by atoms with van der Waals surface area (Å²) >= 11 is 5.83. The molecule has 0 spiro atoms. The summed E-state index contributed by atoms with van der Waals surface area (Å²) in [5, 5.41) is 3.27. The van der Waals surface area contributed by atoms with Gasteiger partial charge in [-0.25, -0.2) is 8.42 Å². The molecule has 0 radical (unpaired) electrons. The van der Waals surface area contributed by atoms with Crippen LogP contribution in [0, 0.1) is 0 Å². The zero-order valence-electron chi connectivity index (χ0n) is 16.8. The molecular weight excluding hydrogens is 440 g/mol. The number of amides is 1. The first-order valence-corrected chi connectivity index (χ1v) is 11.1. The predicted octanol–water partition coefficient (Wildman–Crippen LogP) is 4.56. The van der Waals surface area contributed by atoms with E-state index in [1.807, 2.05) is 0 Å². The van der Waals surface area contributed by atoms with Crippen molar-refractivity contribution in [2.24, 2.45) is 0 Å². The monoisotopic (exact) mass is 460 g/mol. The topological polar surface area (TPSA) is 93.7 Å². The van der Waals surface area contributed by atoms with Crippen LogP contribution in [-0.2, 0) is 14.8 Å². The van der Waals surface area contributed by atoms with Crippen LogP contribution in [0.1, 0.15) is 6.92 Å². The molecule has 1 amide bonds. The third-order valence-electron chi connectivity index (χ3n) is 4.27. The van der Waals surface area contributed by atoms with Gasteiger partial charge in [-0.1, -0.05) is 11.6 Å². The zero-order chi connectivity index (χ0) is 22.4. The molecule has 0 saturated heterocycles. The fourth-order valence-corrected chi connectivity index (χ4v) is 3.79. The van der Waals surface area contributed by atoms with Crippen molar-refractivity contribution in [3.8, 4) is 11.5 Å². The van der Waals surface area contributed by atoms with E-state index in [0.717, 1.165) is 0 Å². The van der Waals surface area contributed by atoms with Gasteiger partial charge in [0.15, 0.2) is 6.10 Å². The molecule has 0 aliphatic heterocycles. The van der Waals surface area contributed by atoms with Gasteiger partial charge in [0.25, 0.3) is 15.9 Å². The second-order valence-electron chi connectivity index (χ2n) is 6.56. The van der Waals surface area contributed by atoms with Gasteiger partial charge < -0.3 is 14.8 Å². The van der Waals surface area contributed by atoms with Gasteiger partial charge in [-0.05, 0) is 79.7 Å². The normalized spacial score (nSPS) is 12.0. The van der Waals surface area contributed by atoms with Gasteiger partial charge in [0.05, 0.1) is 12.0 Å². The van der Waals surface area contributed by atoms with E-state index in [1.165, 1.54) is 31.4 Å². The number of halogens is 1. The Bertz CT molecular complexity index is 1130. The van der Waals surface area contributed by atoms with E-state index >= 15 is 0 Å². The molecule has 0 bridgehead atoms. The Kier molecular flexibility index (Phi) is 7.04. The lowest BCUT2D eigenvalue weighted by molar-refractivity contribution is -0.122. The molecule has 162 valence electrons. The number of hydrogen-bond donors (Lipinski definition) is 2. The number of methoxy groups -OCH3 is 1. The summed E-state index contributed by atoms with van der Waals surface area (Å²) in [6, 6.07) is 19.0. The molecule has 0 fully saturated rings. The first-order valence-electron chi connectivity index (χ1n) is 9.27. The van der Waals surface area contributed by atoms with Gasteiger partial charge in [0.2, 0.25) is 0 Å². The largest absolute Gasteiger partial charge is 0.497 e. The van der Waals surface area contributed by atoms with Crippen molar-refractivity contribution in [1.82, 2.24) is 0 Å². The second-order valence-corrected chi connectivity index (χ2v) is 8.68. The minimum absolute atomic E-state index is 0.0618. The lowest BCUT2D eigenvalue weighted by Gasteiger charge is -2.15. The lowest BCUT2D eigenvalue weighted by atomic mass is 10.3. The molecule has 0 heterocycles. The molecule has 31 heavy (non-hydrogen) atoms. The number of hydrogen-bond acceptors (Lipinski definition) is 5. The molecule has 0 aliphatic rings. The van der Waals surface area contributed by atoms with E-state index in [1.54, 1.807) is 55.5 Å². The van der Waals surface area contributed by atoms with Gasteiger partial charge in [-0.15, -0.1) is 0 Å². The maximum atomic E-state index is 12.6. The summed E-state index contributed by atoms with van der Waals surface area (Å²) in [5.74, 6) is 0.761. The van der Waals surface area contributed by atoms with E-state index in [0.29, 0.717) is 27.9 Å². The fourth-order valence-electron chi connectivity index (χ4n) is 2.61. The number of ether oxygens (including phenoxy) is 2. The summed E-state index contributed by atoms with van der Waals surface area (Å²) in [6.07, 6.45) is -0.763. The smallest absolute Gasteiger partial charge is 0.265 e. The Morgan fingerprint density at radius 1 is 0.871 bits per heavy atom. The number of sulfonamides is 1. The lowest BCUT2D eigenvalue weighted by Crippen LogP contribution is -2.30. The summed E-state index contributed by atoms with van der Waals surface area (Å²) in [4.78, 5) is 12.4. The average molecular weight is 461 g/mol. The highest BCUT2D eigenvalue weighted by atomic mass is 35.5. The fraction of sp³-hybridized carbons (Fsp3) is 0.136. The number of nitrogens with one attached hydrogen (secondary N) is 2. The van der Waals surface area contributed by atoms with Crippen molar-refractivity contribution < 1.29 is 22.7 Å². The molecule has 1 atom stereocenters. The molecule has 3 rings (SSSR count). The number of rotatable bonds is 8. The van der Waals surface area contributed by atoms with Crippen molar-refractivity contribution in [2.45, 2.75) is 17.9 Å². The van der Waals surface area contributed by atoms with Crippen LogP contribution in [0.5, 0.6) is 11.5 Å². The Labute approximate surface area is 186 Å². The Balaban J connectivity index is 1.61. The summed E-state index contributed by atoms with van der Waals surface area (Å²) in [5.41, 5.74) is 0.853. The van der Waals surface area contributed by atoms with Crippen LogP contribution in [0.15, 0.2) is 77.7 Å². The molecular formula is C22H21ClN2O5S. The summed E-state index contributed by atoms with van der Waals surface area (Å²) in [7, 11) is -2.25. The third kappa shape index (κ3) is 6.13. The average Bonchev–Trinajstić information content (AvgIpc) is 2.76. The minimum atomic E-state index is -3.78. The van der Waals surface area contributed by atoms with Gasteiger partial charge in [-0.2, -0.15) is 0 Å². The third-order valence-corrected chi connectivity index (χ3v) is 5.92. The number of benzene rings is 3. The van der Waals surface area contributed by atoms with Crippen LogP contribution < -0.4 is 19.5 Å². The Hall–Kier alpha value is -3.23. The molecule has 0 aromatic heterocycles. The number of anilines is 2. The minimum Gasteiger partial charge on any atom is -0.497 e. The highest BCUT2D eigenvalue weighted by molar-refractivity contribution is 7.92. The van der Waals surface area contributed by atoms with Crippen LogP contribution in [-0.4, -0.2) is 27.5 Å². The number of carbonyl (C=O) groups is 1.